The molecule has 1 unspecified atom stereocenters. The molecular formula is C11H14FNO. The fraction of sp³-hybridized carbons (Fsp3) is 0.364. The lowest BCUT2D eigenvalue weighted by Gasteiger charge is -2.08. The number of alkyl halides is 1. The molecule has 0 radical (unpaired) electrons. The van der Waals surface area contributed by atoms with Crippen LogP contribution in [0.4, 0.5) is 4.39 Å². The first kappa shape index (κ1) is 10.9. The van der Waals surface area contributed by atoms with E-state index in [4.69, 9.17) is 4.74 Å². The molecule has 0 N–H and O–H groups in total. The first-order chi connectivity index (χ1) is 6.86. The van der Waals surface area contributed by atoms with E-state index in [1.165, 1.54) is 0 Å². The summed E-state index contributed by atoms with van der Waals surface area (Å²) >= 11 is 0. The lowest BCUT2D eigenvalue weighted by atomic mass is 10.2. The van der Waals surface area contributed by atoms with Crippen LogP contribution >= 0.6 is 0 Å². The number of rotatable bonds is 6. The third-order valence-electron chi connectivity index (χ3n) is 1.86. The van der Waals surface area contributed by atoms with E-state index in [1.54, 1.807) is 0 Å². The van der Waals surface area contributed by atoms with Crippen molar-refractivity contribution < 1.29 is 9.13 Å². The molecule has 76 valence electrons. The lowest BCUT2D eigenvalue weighted by molar-refractivity contribution is 0.102. The fourth-order valence-corrected chi connectivity index (χ4v) is 1.03. The van der Waals surface area contributed by atoms with Gasteiger partial charge < -0.3 is 4.74 Å². The van der Waals surface area contributed by atoms with Gasteiger partial charge in [-0.15, -0.1) is 0 Å². The van der Waals surface area contributed by atoms with Crippen molar-refractivity contribution in [3.8, 4) is 0 Å². The summed E-state index contributed by atoms with van der Waals surface area (Å²) in [5.74, 6) is 0. The molecule has 1 rings (SSSR count). The third kappa shape index (κ3) is 3.66. The van der Waals surface area contributed by atoms with E-state index in [0.29, 0.717) is 6.61 Å². The SMILES string of the molecule is C=NC(CF)COCc1ccccc1. The molecule has 0 amide bonds. The Morgan fingerprint density at radius 3 is 2.64 bits per heavy atom. The predicted molar refractivity (Wildman–Crippen MR) is 55.4 cm³/mol. The smallest absolute Gasteiger partial charge is 0.114 e. The first-order valence-corrected chi connectivity index (χ1v) is 4.50. The molecular weight excluding hydrogens is 181 g/mol. The minimum atomic E-state index is -0.516. The highest BCUT2D eigenvalue weighted by Crippen LogP contribution is 2.02. The van der Waals surface area contributed by atoms with E-state index in [1.807, 2.05) is 30.3 Å². The van der Waals surface area contributed by atoms with Gasteiger partial charge in [-0.25, -0.2) is 4.39 Å². The van der Waals surface area contributed by atoms with E-state index < -0.39 is 12.7 Å². The second-order valence-corrected chi connectivity index (χ2v) is 2.99. The molecule has 14 heavy (non-hydrogen) atoms. The monoisotopic (exact) mass is 195 g/mol. The number of nitrogens with zero attached hydrogens (tertiary/aromatic N) is 1. The molecule has 0 saturated heterocycles. The second kappa shape index (κ2) is 6.27. The second-order valence-electron chi connectivity index (χ2n) is 2.99. The molecule has 0 fully saturated rings. The Morgan fingerprint density at radius 1 is 1.36 bits per heavy atom. The maximum absolute atomic E-state index is 12.2. The van der Waals surface area contributed by atoms with Crippen molar-refractivity contribution >= 4 is 6.72 Å². The van der Waals surface area contributed by atoms with Crippen LogP contribution in [0.25, 0.3) is 0 Å². The summed E-state index contributed by atoms with van der Waals surface area (Å²) in [6.07, 6.45) is 0. The van der Waals surface area contributed by atoms with Crippen molar-refractivity contribution in [2.75, 3.05) is 13.3 Å². The summed E-state index contributed by atoms with van der Waals surface area (Å²) in [6.45, 7) is 3.55. The number of halogens is 1. The van der Waals surface area contributed by atoms with Gasteiger partial charge in [-0.2, -0.15) is 0 Å². The molecule has 1 atom stereocenters. The molecule has 0 saturated carbocycles. The number of aliphatic imine (C=N–C) groups is 1. The Morgan fingerprint density at radius 2 is 2.07 bits per heavy atom. The van der Waals surface area contributed by atoms with Crippen molar-refractivity contribution in [3.05, 3.63) is 35.9 Å². The van der Waals surface area contributed by atoms with Gasteiger partial charge in [0.1, 0.15) is 12.7 Å². The summed E-state index contributed by atoms with van der Waals surface area (Å²) in [7, 11) is 0. The molecule has 3 heteroatoms. The maximum atomic E-state index is 12.2. The van der Waals surface area contributed by atoms with Crippen molar-refractivity contribution in [2.45, 2.75) is 12.6 Å². The van der Waals surface area contributed by atoms with Crippen LogP contribution in [0, 0.1) is 0 Å². The minimum Gasteiger partial charge on any atom is -0.374 e. The first-order valence-electron chi connectivity index (χ1n) is 4.50. The van der Waals surface area contributed by atoms with E-state index in [9.17, 15) is 4.39 Å². The zero-order valence-electron chi connectivity index (χ0n) is 8.03. The Bertz CT molecular complexity index is 263. The van der Waals surface area contributed by atoms with Gasteiger partial charge in [0.15, 0.2) is 0 Å². The molecule has 0 aliphatic heterocycles. The average molecular weight is 195 g/mol. The minimum absolute atomic E-state index is 0.287. The van der Waals surface area contributed by atoms with Crippen LogP contribution in [0.2, 0.25) is 0 Å². The van der Waals surface area contributed by atoms with Gasteiger partial charge in [0.2, 0.25) is 0 Å². The normalized spacial score (nSPS) is 12.4. The maximum Gasteiger partial charge on any atom is 0.114 e. The molecule has 0 aliphatic carbocycles. The van der Waals surface area contributed by atoms with Gasteiger partial charge in [0.25, 0.3) is 0 Å². The van der Waals surface area contributed by atoms with E-state index in [0.717, 1.165) is 5.56 Å². The Hall–Kier alpha value is -1.22. The molecule has 0 aromatic heterocycles. The molecule has 0 spiro atoms. The number of hydrogen-bond acceptors (Lipinski definition) is 2. The highest BCUT2D eigenvalue weighted by atomic mass is 19.1. The highest BCUT2D eigenvalue weighted by Gasteiger charge is 2.03. The summed E-state index contributed by atoms with van der Waals surface area (Å²) in [5.41, 5.74) is 1.08. The molecule has 1 aromatic carbocycles. The van der Waals surface area contributed by atoms with Crippen LogP contribution < -0.4 is 0 Å². The Kier molecular flexibility index (Phi) is 4.86. The number of hydrogen-bond donors (Lipinski definition) is 0. The van der Waals surface area contributed by atoms with Gasteiger partial charge in [-0.05, 0) is 12.3 Å². The van der Waals surface area contributed by atoms with Crippen LogP contribution in [-0.2, 0) is 11.3 Å². The van der Waals surface area contributed by atoms with Gasteiger partial charge in [0, 0.05) is 0 Å². The van der Waals surface area contributed by atoms with Crippen molar-refractivity contribution in [2.24, 2.45) is 4.99 Å². The molecule has 1 aromatic rings. The Labute approximate surface area is 83.4 Å². The largest absolute Gasteiger partial charge is 0.374 e. The molecule has 2 nitrogen and oxygen atoms in total. The number of ether oxygens (including phenoxy) is 1. The van der Waals surface area contributed by atoms with Crippen molar-refractivity contribution in [1.82, 2.24) is 0 Å². The fourth-order valence-electron chi connectivity index (χ4n) is 1.03. The summed E-state index contributed by atoms with van der Waals surface area (Å²) in [6, 6.07) is 9.32. The summed E-state index contributed by atoms with van der Waals surface area (Å²) in [5, 5.41) is 0. The summed E-state index contributed by atoms with van der Waals surface area (Å²) in [4.78, 5) is 3.59. The van der Waals surface area contributed by atoms with Crippen LogP contribution in [0.5, 0.6) is 0 Å². The average Bonchev–Trinajstić information content (AvgIpc) is 2.26. The van der Waals surface area contributed by atoms with Crippen LogP contribution in [-0.4, -0.2) is 26.0 Å². The zero-order chi connectivity index (χ0) is 10.2. The van der Waals surface area contributed by atoms with E-state index >= 15 is 0 Å². The predicted octanol–water partition coefficient (Wildman–Crippen LogP) is 2.24. The van der Waals surface area contributed by atoms with Crippen molar-refractivity contribution in [3.63, 3.8) is 0 Å². The lowest BCUT2D eigenvalue weighted by Crippen LogP contribution is -2.15. The highest BCUT2D eigenvalue weighted by molar-refractivity contribution is 5.24. The topological polar surface area (TPSA) is 21.6 Å². The van der Waals surface area contributed by atoms with Gasteiger partial charge in [0.05, 0.1) is 13.2 Å². The van der Waals surface area contributed by atoms with Gasteiger partial charge in [-0.1, -0.05) is 30.3 Å². The third-order valence-corrected chi connectivity index (χ3v) is 1.86. The molecule has 0 bridgehead atoms. The summed E-state index contributed by atoms with van der Waals surface area (Å²) < 4.78 is 17.5. The van der Waals surface area contributed by atoms with E-state index in [2.05, 4.69) is 11.7 Å². The standard InChI is InChI=1S/C11H14FNO/c1-13-11(7-12)9-14-8-10-5-3-2-4-6-10/h2-6,11H,1,7-9H2. The van der Waals surface area contributed by atoms with Gasteiger partial charge >= 0.3 is 0 Å². The van der Waals surface area contributed by atoms with Crippen LogP contribution in [0.1, 0.15) is 5.56 Å². The quantitative estimate of drug-likeness (QED) is 0.638. The molecule has 0 heterocycles. The molecule has 0 aliphatic rings. The van der Waals surface area contributed by atoms with Crippen LogP contribution in [0.15, 0.2) is 35.3 Å². The number of benzene rings is 1. The van der Waals surface area contributed by atoms with Crippen molar-refractivity contribution in [1.29, 1.82) is 0 Å². The zero-order valence-corrected chi connectivity index (χ0v) is 8.03. The van der Waals surface area contributed by atoms with Gasteiger partial charge in [-0.3, -0.25) is 4.99 Å². The Balaban J connectivity index is 2.25. The van der Waals surface area contributed by atoms with E-state index in [-0.39, 0.29) is 6.61 Å². The van der Waals surface area contributed by atoms with Crippen LogP contribution in [0.3, 0.4) is 0 Å².